The van der Waals surface area contributed by atoms with E-state index in [1.807, 2.05) is 23.6 Å². The van der Waals surface area contributed by atoms with Crippen molar-refractivity contribution in [1.82, 2.24) is 20.2 Å². The molecule has 2 aromatic heterocycles. The van der Waals surface area contributed by atoms with E-state index in [1.54, 1.807) is 17.5 Å². The van der Waals surface area contributed by atoms with Gasteiger partial charge >= 0.3 is 6.03 Å². The molecule has 0 bridgehead atoms. The van der Waals surface area contributed by atoms with Gasteiger partial charge in [0.25, 0.3) is 0 Å². The molecule has 7 nitrogen and oxygen atoms in total. The van der Waals surface area contributed by atoms with Crippen LogP contribution in [0.5, 0.6) is 5.75 Å². The van der Waals surface area contributed by atoms with Gasteiger partial charge in [-0.1, -0.05) is 11.6 Å². The number of likely N-dealkylation sites (tertiary alicyclic amines) is 1. The predicted octanol–water partition coefficient (Wildman–Crippen LogP) is 3.40. The number of nitrogens with one attached hydrogen (secondary N) is 2. The van der Waals surface area contributed by atoms with Crippen LogP contribution in [0.1, 0.15) is 11.4 Å². The van der Waals surface area contributed by atoms with Gasteiger partial charge in [0, 0.05) is 35.2 Å². The molecule has 0 saturated carbocycles. The average Bonchev–Trinajstić information content (AvgIpc) is 3.26. The van der Waals surface area contributed by atoms with E-state index in [0.717, 1.165) is 22.3 Å². The summed E-state index contributed by atoms with van der Waals surface area (Å²) in [6.45, 7) is 2.04. The second-order valence-corrected chi connectivity index (χ2v) is 7.48. The zero-order valence-electron chi connectivity index (χ0n) is 14.7. The molecule has 0 spiro atoms. The first-order valence-corrected chi connectivity index (χ1v) is 9.81. The highest BCUT2D eigenvalue weighted by Gasteiger charge is 2.30. The van der Waals surface area contributed by atoms with Crippen LogP contribution in [0.15, 0.2) is 29.1 Å². The first-order valence-electron chi connectivity index (χ1n) is 8.49. The quantitative estimate of drug-likeness (QED) is 0.657. The Morgan fingerprint density at radius 2 is 2.30 bits per heavy atom. The lowest BCUT2D eigenvalue weighted by atomic mass is 10.2. The highest BCUT2D eigenvalue weighted by Crippen LogP contribution is 2.31. The van der Waals surface area contributed by atoms with E-state index in [9.17, 15) is 4.79 Å². The van der Waals surface area contributed by atoms with Gasteiger partial charge in [0.2, 0.25) is 0 Å². The van der Waals surface area contributed by atoms with E-state index < -0.39 is 0 Å². The maximum absolute atomic E-state index is 12.1. The summed E-state index contributed by atoms with van der Waals surface area (Å²) in [7, 11) is 1.66. The summed E-state index contributed by atoms with van der Waals surface area (Å²) in [6.07, 6.45) is 0.147. The van der Waals surface area contributed by atoms with Gasteiger partial charge in [0.05, 0.1) is 42.0 Å². The number of halogens is 1. The lowest BCUT2D eigenvalue weighted by Gasteiger charge is -2.37. The largest absolute Gasteiger partial charge is 0.486 e. The number of carbonyl (C=O) groups is 1. The molecule has 3 heterocycles. The van der Waals surface area contributed by atoms with Crippen LogP contribution in [0.3, 0.4) is 0 Å². The van der Waals surface area contributed by atoms with Crippen molar-refractivity contribution in [2.45, 2.75) is 19.3 Å². The average molecular weight is 407 g/mol. The molecule has 9 heteroatoms. The summed E-state index contributed by atoms with van der Waals surface area (Å²) < 4.78 is 11.0. The number of aromatic amines is 1. The van der Waals surface area contributed by atoms with Gasteiger partial charge in [0.1, 0.15) is 12.4 Å². The van der Waals surface area contributed by atoms with Gasteiger partial charge in [0.15, 0.2) is 0 Å². The second-order valence-electron chi connectivity index (χ2n) is 6.35. The van der Waals surface area contributed by atoms with E-state index in [-0.39, 0.29) is 12.1 Å². The van der Waals surface area contributed by atoms with E-state index >= 15 is 0 Å². The van der Waals surface area contributed by atoms with Crippen molar-refractivity contribution in [1.29, 1.82) is 0 Å². The van der Waals surface area contributed by atoms with Gasteiger partial charge in [-0.05, 0) is 12.1 Å². The van der Waals surface area contributed by atoms with Gasteiger partial charge in [-0.3, -0.25) is 0 Å². The summed E-state index contributed by atoms with van der Waals surface area (Å²) in [5.74, 6) is 0.598. The minimum absolute atomic E-state index is 0.0905. The Bertz CT molecular complexity index is 938. The molecule has 1 saturated heterocycles. The third kappa shape index (κ3) is 4.02. The van der Waals surface area contributed by atoms with Gasteiger partial charge < -0.3 is 24.7 Å². The maximum Gasteiger partial charge on any atom is 0.317 e. The Hall–Kier alpha value is -2.29. The number of carbonyl (C=O) groups excluding carboxylic acids is 1. The molecule has 1 aromatic carbocycles. The summed E-state index contributed by atoms with van der Waals surface area (Å²) >= 11 is 7.86. The van der Waals surface area contributed by atoms with Crippen LogP contribution in [0.4, 0.5) is 4.79 Å². The Morgan fingerprint density at radius 1 is 1.44 bits per heavy atom. The predicted molar refractivity (Wildman–Crippen MR) is 104 cm³/mol. The van der Waals surface area contributed by atoms with Crippen molar-refractivity contribution in [3.8, 4) is 5.75 Å². The van der Waals surface area contributed by atoms with Crippen molar-refractivity contribution < 1.29 is 14.3 Å². The molecule has 142 valence electrons. The smallest absolute Gasteiger partial charge is 0.317 e. The molecule has 27 heavy (non-hydrogen) atoms. The van der Waals surface area contributed by atoms with Crippen molar-refractivity contribution in [2.75, 3.05) is 20.2 Å². The van der Waals surface area contributed by atoms with Gasteiger partial charge in [-0.2, -0.15) is 0 Å². The minimum Gasteiger partial charge on any atom is -0.486 e. The molecule has 2 amide bonds. The number of urea groups is 1. The number of rotatable bonds is 6. The topological polar surface area (TPSA) is 79.5 Å². The molecule has 1 aliphatic heterocycles. The number of ether oxygens (including phenoxy) is 2. The zero-order valence-corrected chi connectivity index (χ0v) is 16.3. The molecule has 0 atom stereocenters. The van der Waals surface area contributed by atoms with Crippen LogP contribution in [-0.2, 0) is 17.9 Å². The number of thiazole rings is 1. The van der Waals surface area contributed by atoms with Gasteiger partial charge in [-0.25, -0.2) is 9.78 Å². The Kier molecular flexibility index (Phi) is 5.20. The number of fused-ring (bicyclic) bond motifs is 1. The van der Waals surface area contributed by atoms with Crippen molar-refractivity contribution in [2.24, 2.45) is 0 Å². The third-order valence-corrected chi connectivity index (χ3v) is 5.42. The highest BCUT2D eigenvalue weighted by molar-refractivity contribution is 7.07. The number of nitrogens with zero attached hydrogens (tertiary/aromatic N) is 2. The summed E-state index contributed by atoms with van der Waals surface area (Å²) in [6, 6.07) is 5.61. The molecular weight excluding hydrogens is 388 g/mol. The Balaban J connectivity index is 1.39. The number of hydrogen-bond acceptors (Lipinski definition) is 5. The van der Waals surface area contributed by atoms with Gasteiger partial charge in [-0.15, -0.1) is 11.3 Å². The highest BCUT2D eigenvalue weighted by atomic mass is 35.5. The lowest BCUT2D eigenvalue weighted by molar-refractivity contribution is -0.00772. The number of aromatic nitrogens is 2. The molecule has 0 aliphatic carbocycles. The SMILES string of the molecule is COC1CN(C(=O)NCc2cc3cc(Cl)c(OCc4cscn4)cc3[nH]2)C1. The third-order valence-electron chi connectivity index (χ3n) is 4.49. The number of benzene rings is 1. The first-order chi connectivity index (χ1) is 13.1. The second kappa shape index (κ2) is 7.75. The molecule has 1 aliphatic rings. The minimum atomic E-state index is -0.0905. The van der Waals surface area contributed by atoms with Crippen LogP contribution in [0.25, 0.3) is 10.9 Å². The van der Waals surface area contributed by atoms with Crippen molar-refractivity contribution in [3.05, 3.63) is 45.5 Å². The fourth-order valence-electron chi connectivity index (χ4n) is 2.90. The normalized spacial score (nSPS) is 14.4. The lowest BCUT2D eigenvalue weighted by Crippen LogP contribution is -2.57. The molecule has 0 radical (unpaired) electrons. The summed E-state index contributed by atoms with van der Waals surface area (Å²) in [5.41, 5.74) is 4.44. The van der Waals surface area contributed by atoms with E-state index in [0.29, 0.717) is 37.0 Å². The molecule has 4 rings (SSSR count). The standard InChI is InChI=1S/C18H19ClN4O3S/c1-25-14-6-23(7-14)18(24)20-5-12-2-11-3-15(19)17(4-16(11)22-12)26-8-13-9-27-10-21-13/h2-4,9-10,14,22H,5-8H2,1H3,(H,20,24). The molecule has 2 N–H and O–H groups in total. The molecule has 0 unspecified atom stereocenters. The van der Waals surface area contributed by atoms with Crippen molar-refractivity contribution in [3.63, 3.8) is 0 Å². The fraction of sp³-hybridized carbons (Fsp3) is 0.333. The van der Waals surface area contributed by atoms with Crippen LogP contribution in [0, 0.1) is 0 Å². The van der Waals surface area contributed by atoms with E-state index in [1.165, 1.54) is 11.3 Å². The maximum atomic E-state index is 12.1. The first kappa shape index (κ1) is 18.1. The summed E-state index contributed by atoms with van der Waals surface area (Å²) in [4.78, 5) is 21.3. The van der Waals surface area contributed by atoms with Crippen LogP contribution >= 0.6 is 22.9 Å². The monoisotopic (exact) mass is 406 g/mol. The Morgan fingerprint density at radius 3 is 3.04 bits per heavy atom. The van der Waals surface area contributed by atoms with E-state index in [2.05, 4.69) is 15.3 Å². The number of methoxy groups -OCH3 is 1. The molecule has 3 aromatic rings. The Labute approximate surface area is 165 Å². The molecule has 1 fully saturated rings. The van der Waals surface area contributed by atoms with Crippen LogP contribution in [-0.4, -0.2) is 47.2 Å². The number of H-pyrrole nitrogens is 1. The fourth-order valence-corrected chi connectivity index (χ4v) is 3.66. The molecular formula is C18H19ClN4O3S. The van der Waals surface area contributed by atoms with Crippen LogP contribution < -0.4 is 10.1 Å². The summed E-state index contributed by atoms with van der Waals surface area (Å²) in [5, 5.41) is 6.35. The van der Waals surface area contributed by atoms with E-state index in [4.69, 9.17) is 21.1 Å². The zero-order chi connectivity index (χ0) is 18.8. The van der Waals surface area contributed by atoms with Crippen LogP contribution in [0.2, 0.25) is 5.02 Å². The number of hydrogen-bond donors (Lipinski definition) is 2. The van der Waals surface area contributed by atoms with Crippen molar-refractivity contribution >= 4 is 39.9 Å². The number of amides is 2.